The molecule has 0 aromatic rings. The zero-order valence-electron chi connectivity index (χ0n) is 83.4. The van der Waals surface area contributed by atoms with E-state index >= 15 is 0 Å². The minimum absolute atomic E-state index is 0. The predicted octanol–water partition coefficient (Wildman–Crippen LogP) is 37.6. The smallest absolute Gasteiger partial charge is 0.129 e. The van der Waals surface area contributed by atoms with Crippen LogP contribution < -0.4 is 0 Å². The average molecular weight is 1670 g/mol. The van der Waals surface area contributed by atoms with E-state index in [0.29, 0.717) is 52.0 Å². The second-order valence-electron chi connectivity index (χ2n) is 35.3. The van der Waals surface area contributed by atoms with Crippen molar-refractivity contribution in [2.75, 3.05) is 0 Å². The molecule has 710 valence electrons. The van der Waals surface area contributed by atoms with E-state index in [4.69, 9.17) is 0 Å². The molecule has 0 aliphatic heterocycles. The lowest BCUT2D eigenvalue weighted by Crippen LogP contribution is -1.89. The number of rotatable bonds is 81. The highest BCUT2D eigenvalue weighted by atomic mass is 16.2. The summed E-state index contributed by atoms with van der Waals surface area (Å²) >= 11 is 0. The Bertz CT molecular complexity index is 1920. The van der Waals surface area contributed by atoms with Crippen LogP contribution in [-0.4, -0.2) is 52.0 Å². The minimum Gasteiger partial charge on any atom is -0.300 e. The van der Waals surface area contributed by atoms with Crippen LogP contribution in [-0.2, 0) is 43.2 Å². The van der Waals surface area contributed by atoms with Crippen molar-refractivity contribution in [1.29, 1.82) is 0 Å². The number of carbonyl (C=O) groups excluding carboxylic acids is 9. The third-order valence-corrected chi connectivity index (χ3v) is 21.4. The molecule has 0 amide bonds. The second-order valence-corrected chi connectivity index (χ2v) is 35.3. The van der Waals surface area contributed by atoms with Crippen LogP contribution in [0.1, 0.15) is 652 Å². The van der Waals surface area contributed by atoms with E-state index in [9.17, 15) is 43.2 Å². The Balaban J connectivity index is -0.000000140. The maximum Gasteiger partial charge on any atom is 0.129 e. The van der Waals surface area contributed by atoms with Crippen LogP contribution in [0, 0.1) is 0 Å². The number of hydrogen-bond acceptors (Lipinski definition) is 9. The maximum absolute atomic E-state index is 10.7. The summed E-state index contributed by atoms with van der Waals surface area (Å²) in [6, 6.07) is 0. The van der Waals surface area contributed by atoms with Gasteiger partial charge in [-0.25, -0.2) is 0 Å². The Morgan fingerprint density at radius 3 is 0.212 bits per heavy atom. The van der Waals surface area contributed by atoms with Crippen LogP contribution in [0.3, 0.4) is 0 Å². The molecule has 9 nitrogen and oxygen atoms in total. The van der Waals surface area contributed by atoms with Crippen molar-refractivity contribution in [2.45, 2.75) is 652 Å². The van der Waals surface area contributed by atoms with Gasteiger partial charge < -0.3 is 43.2 Å². The third-order valence-electron chi connectivity index (χ3n) is 21.4. The highest BCUT2D eigenvalue weighted by Crippen LogP contribution is 2.18. The molecule has 0 aromatic carbocycles. The van der Waals surface area contributed by atoms with Crippen molar-refractivity contribution in [3.05, 3.63) is 0 Å². The van der Waals surface area contributed by atoms with E-state index in [1.807, 2.05) is 0 Å². The highest BCUT2D eigenvalue weighted by molar-refractivity contribution is 5.77. The largest absolute Gasteiger partial charge is 0.300 e. The fraction of sp³-hybridized carbons (Fsp3) is 0.917. The van der Waals surface area contributed by atoms with Gasteiger partial charge in [0.05, 0.1) is 0 Å². The Kier molecular flexibility index (Phi) is 152. The molecule has 9 heteroatoms. The minimum atomic E-state index is 0. The highest BCUT2D eigenvalue weighted by Gasteiger charge is 2.03. The first-order valence-electron chi connectivity index (χ1n) is 51.9. The molecule has 0 heterocycles. The predicted molar refractivity (Wildman–Crippen MR) is 528 cm³/mol. The van der Waals surface area contributed by atoms with Gasteiger partial charge in [-0.15, -0.1) is 0 Å². The first kappa shape index (κ1) is 136. The summed E-state index contributed by atoms with van der Waals surface area (Å²) in [6.07, 6.45) is 102. The van der Waals surface area contributed by atoms with Gasteiger partial charge in [-0.1, -0.05) is 474 Å². The van der Waals surface area contributed by atoms with Crippen LogP contribution in [0.15, 0.2) is 0 Å². The summed E-state index contributed by atoms with van der Waals surface area (Å²) < 4.78 is 0. The second kappa shape index (κ2) is 132. The molecule has 0 aliphatic carbocycles. The molecule has 0 atom stereocenters. The SMILES string of the molecule is C.CCCCCCC(C)=O.CCCCCCCC(C)=O.CCCCCCCCC(C)=O.CCCCCCCCCC(C)=O.CCCCCCCCCCC(C)=O.CCCCCCCCCCCC(C)=O.CCCCCCCCCCCCC(C)=O.CCCCCCCCCCCCCC(C)=O.CCCCCCCCCCCCCCC(C)=O. The van der Waals surface area contributed by atoms with E-state index in [1.165, 1.54) is 405 Å². The van der Waals surface area contributed by atoms with Gasteiger partial charge in [-0.2, -0.15) is 0 Å². The molecule has 0 N–H and O–H groups in total. The van der Waals surface area contributed by atoms with Gasteiger partial charge >= 0.3 is 0 Å². The van der Waals surface area contributed by atoms with E-state index in [-0.39, 0.29) is 7.43 Å². The fourth-order valence-corrected chi connectivity index (χ4v) is 13.6. The monoisotopic (exact) mass is 1670 g/mol. The van der Waals surface area contributed by atoms with Gasteiger partial charge in [0.15, 0.2) is 0 Å². The zero-order valence-corrected chi connectivity index (χ0v) is 83.4. The molecule has 0 aliphatic rings. The lowest BCUT2D eigenvalue weighted by atomic mass is 10.0. The first-order chi connectivity index (χ1) is 56.4. The molecular formula is C109H220O9. The van der Waals surface area contributed by atoms with Crippen LogP contribution in [0.5, 0.6) is 0 Å². The Hall–Kier alpha value is -2.97. The van der Waals surface area contributed by atoms with Crippen molar-refractivity contribution in [2.24, 2.45) is 0 Å². The number of hydrogen-bond donors (Lipinski definition) is 0. The third kappa shape index (κ3) is 187. The first-order valence-corrected chi connectivity index (χ1v) is 51.9. The molecule has 118 heavy (non-hydrogen) atoms. The maximum atomic E-state index is 10.7. The quantitative estimate of drug-likeness (QED) is 0.0541. The number of carbonyl (C=O) groups is 9. The average Bonchev–Trinajstić information content (AvgIpc) is 1.37. The van der Waals surface area contributed by atoms with Crippen molar-refractivity contribution in [1.82, 2.24) is 0 Å². The molecule has 0 fully saturated rings. The Morgan fingerprint density at radius 2 is 0.153 bits per heavy atom. The molecule has 0 aromatic heterocycles. The zero-order chi connectivity index (χ0) is 89.5. The summed E-state index contributed by atoms with van der Waals surface area (Å²) in [5.74, 6) is 3.04. The topological polar surface area (TPSA) is 154 Å². The molecule has 0 radical (unpaired) electrons. The van der Waals surface area contributed by atoms with E-state index in [0.717, 1.165) is 116 Å². The summed E-state index contributed by atoms with van der Waals surface area (Å²) in [7, 11) is 0. The molecule has 0 spiro atoms. The fourth-order valence-electron chi connectivity index (χ4n) is 13.6. The Labute approximate surface area is 743 Å². The van der Waals surface area contributed by atoms with Gasteiger partial charge in [-0.05, 0) is 120 Å². The van der Waals surface area contributed by atoms with Crippen LogP contribution in [0.2, 0.25) is 0 Å². The van der Waals surface area contributed by atoms with E-state index in [2.05, 4.69) is 62.3 Å². The number of ketones is 9. The Morgan fingerprint density at radius 1 is 0.102 bits per heavy atom. The van der Waals surface area contributed by atoms with Crippen LogP contribution >= 0.6 is 0 Å². The summed E-state index contributed by atoms with van der Waals surface area (Å²) in [5.41, 5.74) is 0. The van der Waals surface area contributed by atoms with Crippen LogP contribution in [0.4, 0.5) is 0 Å². The molecule has 0 rings (SSSR count). The van der Waals surface area contributed by atoms with E-state index < -0.39 is 0 Å². The van der Waals surface area contributed by atoms with Crippen molar-refractivity contribution in [3.8, 4) is 0 Å². The van der Waals surface area contributed by atoms with Crippen molar-refractivity contribution in [3.63, 3.8) is 0 Å². The molecule has 0 bridgehead atoms. The number of unbranched alkanes of at least 4 members (excludes halogenated alkanes) is 63. The van der Waals surface area contributed by atoms with Gasteiger partial charge in [0.25, 0.3) is 0 Å². The molecule has 0 unspecified atom stereocenters. The van der Waals surface area contributed by atoms with Crippen molar-refractivity contribution >= 4 is 52.0 Å². The van der Waals surface area contributed by atoms with Gasteiger partial charge in [0, 0.05) is 57.8 Å². The van der Waals surface area contributed by atoms with Gasteiger partial charge in [0.1, 0.15) is 52.0 Å². The molecular weight excluding hydrogens is 1450 g/mol. The molecule has 0 saturated heterocycles. The molecule has 0 saturated carbocycles. The summed E-state index contributed by atoms with van der Waals surface area (Å²) in [6.45, 7) is 35.2. The standard InChI is InChI=1S/C16H32O.C15H30O.C14H28O.C13H26O.C12H24O.C11H22O.C10H20O.C9H18O.C8H16O.CH4/c1-3-4-5-6-7-8-9-10-11-12-13-14-15-16(2)17;1-3-4-5-6-7-8-9-10-11-12-13-14-15(2)16;1-3-4-5-6-7-8-9-10-11-12-13-14(2)15;1-3-4-5-6-7-8-9-10-11-12-13(2)14;1-3-4-5-6-7-8-9-10-11-12(2)13;1-3-4-5-6-7-8-9-10-11(2)12;1-3-4-5-6-7-8-9-10(2)11;1-3-4-5-6-7-8-9(2)10;1-3-4-5-6-7-8(2)9;/h3-15H2,1-2H3;3-14H2,1-2H3;3-13H2,1-2H3;3-12H2,1-2H3;3-11H2,1-2H3;3-10H2,1-2H3;3-9H2,1-2H3;3-8H2,1-2H3;3-7H2,1-2H3;1H4. The lowest BCUT2D eigenvalue weighted by Gasteiger charge is -2.02. The van der Waals surface area contributed by atoms with Gasteiger partial charge in [0.2, 0.25) is 0 Å². The summed E-state index contributed by atoms with van der Waals surface area (Å²) in [4.78, 5) is 95.4. The van der Waals surface area contributed by atoms with Crippen molar-refractivity contribution < 1.29 is 43.2 Å². The van der Waals surface area contributed by atoms with Gasteiger partial charge in [-0.3, -0.25) is 0 Å². The summed E-state index contributed by atoms with van der Waals surface area (Å²) in [5, 5.41) is 0. The number of Topliss-reactive ketones (excluding diaryl/α,β-unsaturated/α-hetero) is 9. The van der Waals surface area contributed by atoms with Crippen LogP contribution in [0.25, 0.3) is 0 Å². The van der Waals surface area contributed by atoms with E-state index in [1.54, 1.807) is 62.3 Å². The lowest BCUT2D eigenvalue weighted by molar-refractivity contribution is -0.117. The normalized spacial score (nSPS) is 10.2.